The largest absolute Gasteiger partial charge is 0.0654 e. The molecule has 0 aliphatic rings. The average Bonchev–Trinajstić information content (AvgIpc) is 2.16. The molecule has 1 atom stereocenters. The molecule has 80 valence electrons. The summed E-state index contributed by atoms with van der Waals surface area (Å²) in [6.45, 7) is 2.28. The van der Waals surface area contributed by atoms with Gasteiger partial charge in [0.1, 0.15) is 0 Å². The highest BCUT2D eigenvalue weighted by Crippen LogP contribution is 2.10. The van der Waals surface area contributed by atoms with Gasteiger partial charge in [0.25, 0.3) is 0 Å². The van der Waals surface area contributed by atoms with Crippen molar-refractivity contribution in [2.24, 2.45) is 0 Å². The van der Waals surface area contributed by atoms with Gasteiger partial charge in [-0.2, -0.15) is 0 Å². The van der Waals surface area contributed by atoms with Crippen molar-refractivity contribution in [3.8, 4) is 0 Å². The second kappa shape index (κ2) is 12.4. The van der Waals surface area contributed by atoms with Crippen LogP contribution in [-0.2, 0) is 0 Å². The van der Waals surface area contributed by atoms with E-state index in [2.05, 4.69) is 16.2 Å². The van der Waals surface area contributed by atoms with E-state index in [1.807, 2.05) is 0 Å². The molecule has 0 heterocycles. The van der Waals surface area contributed by atoms with E-state index in [9.17, 15) is 0 Å². The molecule has 0 aromatic carbocycles. The van der Waals surface area contributed by atoms with Gasteiger partial charge in [0.05, 0.1) is 6.16 Å². The highest BCUT2D eigenvalue weighted by Gasteiger charge is 1.91. The fourth-order valence-corrected chi connectivity index (χ4v) is 2.02. The van der Waals surface area contributed by atoms with Gasteiger partial charge >= 0.3 is 0 Å². The normalized spacial score (nSPS) is 10.8. The van der Waals surface area contributed by atoms with Crippen molar-refractivity contribution in [2.45, 2.75) is 71.1 Å². The first-order chi connectivity index (χ1) is 6.41. The summed E-state index contributed by atoms with van der Waals surface area (Å²) in [5, 5.41) is 0. The second-order valence-corrected chi connectivity index (χ2v) is 4.74. The standard InChI is InChI=1S/C12H27P/c1-2-3-4-5-6-7-8-9-10-11-12-13/h2-13H2,1H3/p+1. The molecule has 0 fully saturated rings. The van der Waals surface area contributed by atoms with Gasteiger partial charge in [-0.15, -0.1) is 0 Å². The van der Waals surface area contributed by atoms with Gasteiger partial charge < -0.3 is 0 Å². The first-order valence-corrected chi connectivity index (χ1v) is 7.21. The Bertz CT molecular complexity index is 71.2. The van der Waals surface area contributed by atoms with Crippen LogP contribution >= 0.6 is 9.24 Å². The van der Waals surface area contributed by atoms with Crippen LogP contribution in [-0.4, -0.2) is 6.16 Å². The van der Waals surface area contributed by atoms with Gasteiger partial charge in [0, 0.05) is 0 Å². The molecule has 0 radical (unpaired) electrons. The topological polar surface area (TPSA) is 0 Å². The zero-order valence-corrected chi connectivity index (χ0v) is 10.9. The third-order valence-corrected chi connectivity index (χ3v) is 3.10. The van der Waals surface area contributed by atoms with Gasteiger partial charge in [-0.1, -0.05) is 58.3 Å². The molecule has 13 heavy (non-hydrogen) atoms. The molecule has 0 aromatic rings. The molecule has 0 N–H and O–H groups in total. The number of hydrogen-bond donors (Lipinski definition) is 0. The summed E-state index contributed by atoms with van der Waals surface area (Å²) < 4.78 is 0. The first kappa shape index (κ1) is 13.4. The minimum Gasteiger partial charge on any atom is -0.0654 e. The Morgan fingerprint density at radius 2 is 1.00 bits per heavy atom. The molecule has 0 saturated carbocycles. The Labute approximate surface area is 87.1 Å². The summed E-state index contributed by atoms with van der Waals surface area (Å²) in [5.41, 5.74) is 0. The Kier molecular flexibility index (Phi) is 12.8. The van der Waals surface area contributed by atoms with E-state index < -0.39 is 0 Å². The third-order valence-electron chi connectivity index (χ3n) is 2.60. The van der Waals surface area contributed by atoms with Crippen molar-refractivity contribution < 1.29 is 0 Å². The first-order valence-electron chi connectivity index (χ1n) is 6.21. The minimum atomic E-state index is 1.37. The lowest BCUT2D eigenvalue weighted by Crippen LogP contribution is -1.81. The summed E-state index contributed by atoms with van der Waals surface area (Å²) in [7, 11) is 2.11. The fraction of sp³-hybridized carbons (Fsp3) is 1.00. The van der Waals surface area contributed by atoms with E-state index in [1.165, 1.54) is 70.4 Å². The molecule has 0 aromatic heterocycles. The maximum absolute atomic E-state index is 2.28. The van der Waals surface area contributed by atoms with E-state index in [0.29, 0.717) is 0 Å². The second-order valence-electron chi connectivity index (χ2n) is 4.04. The maximum Gasteiger partial charge on any atom is 0.0526 e. The van der Waals surface area contributed by atoms with Crippen LogP contribution in [0.5, 0.6) is 0 Å². The minimum absolute atomic E-state index is 1.37. The predicted molar refractivity (Wildman–Crippen MR) is 67.8 cm³/mol. The van der Waals surface area contributed by atoms with Crippen molar-refractivity contribution in [1.29, 1.82) is 0 Å². The van der Waals surface area contributed by atoms with Crippen molar-refractivity contribution in [2.75, 3.05) is 6.16 Å². The zero-order valence-electron chi connectivity index (χ0n) is 9.49. The molecule has 0 saturated heterocycles. The summed E-state index contributed by atoms with van der Waals surface area (Å²) in [4.78, 5) is 0. The third kappa shape index (κ3) is 12.4. The Balaban J connectivity index is 2.76. The molecule has 1 unspecified atom stereocenters. The summed E-state index contributed by atoms with van der Waals surface area (Å²) in [6.07, 6.45) is 16.0. The van der Waals surface area contributed by atoms with Crippen LogP contribution in [0, 0.1) is 0 Å². The monoisotopic (exact) mass is 203 g/mol. The Morgan fingerprint density at radius 1 is 0.615 bits per heavy atom. The van der Waals surface area contributed by atoms with E-state index in [4.69, 9.17) is 0 Å². The number of hydrogen-bond acceptors (Lipinski definition) is 0. The molecule has 0 spiro atoms. The van der Waals surface area contributed by atoms with Crippen molar-refractivity contribution >= 4 is 9.24 Å². The van der Waals surface area contributed by atoms with Gasteiger partial charge in [0.2, 0.25) is 0 Å². The van der Waals surface area contributed by atoms with Crippen LogP contribution in [0.3, 0.4) is 0 Å². The van der Waals surface area contributed by atoms with Crippen LogP contribution in [0.2, 0.25) is 0 Å². The lowest BCUT2D eigenvalue weighted by atomic mass is 10.1. The van der Waals surface area contributed by atoms with Crippen LogP contribution in [0.4, 0.5) is 0 Å². The van der Waals surface area contributed by atoms with Gasteiger partial charge in [-0.05, 0) is 22.1 Å². The summed E-state index contributed by atoms with van der Waals surface area (Å²) in [6, 6.07) is 0. The van der Waals surface area contributed by atoms with Gasteiger partial charge in [-0.25, -0.2) is 0 Å². The Morgan fingerprint density at radius 3 is 1.38 bits per heavy atom. The van der Waals surface area contributed by atoms with Gasteiger partial charge in [0.15, 0.2) is 0 Å². The van der Waals surface area contributed by atoms with Crippen molar-refractivity contribution in [3.63, 3.8) is 0 Å². The highest BCUT2D eigenvalue weighted by atomic mass is 31.0. The number of rotatable bonds is 10. The van der Waals surface area contributed by atoms with Crippen LogP contribution in [0.15, 0.2) is 0 Å². The van der Waals surface area contributed by atoms with Crippen molar-refractivity contribution in [3.05, 3.63) is 0 Å². The smallest absolute Gasteiger partial charge is 0.0526 e. The molecular formula is C12H28P+. The quantitative estimate of drug-likeness (QED) is 0.362. The molecule has 0 amide bonds. The maximum atomic E-state index is 2.28. The van der Waals surface area contributed by atoms with Crippen LogP contribution in [0.25, 0.3) is 0 Å². The fourth-order valence-electron chi connectivity index (χ4n) is 1.66. The van der Waals surface area contributed by atoms with E-state index >= 15 is 0 Å². The predicted octanol–water partition coefficient (Wildman–Crippen LogP) is 4.51. The molecule has 0 bridgehead atoms. The lowest BCUT2D eigenvalue weighted by molar-refractivity contribution is 0.563. The molecule has 0 nitrogen and oxygen atoms in total. The Hall–Kier alpha value is 0.430. The molecule has 0 aliphatic carbocycles. The van der Waals surface area contributed by atoms with Crippen LogP contribution < -0.4 is 0 Å². The van der Waals surface area contributed by atoms with E-state index in [1.54, 1.807) is 0 Å². The molecule has 1 heteroatoms. The van der Waals surface area contributed by atoms with Gasteiger partial charge in [-0.3, -0.25) is 0 Å². The molecule has 0 rings (SSSR count). The van der Waals surface area contributed by atoms with E-state index in [-0.39, 0.29) is 0 Å². The SMILES string of the molecule is CCCCCCCCCCCC[PH3+]. The molecular weight excluding hydrogens is 175 g/mol. The zero-order chi connectivity index (χ0) is 9.78. The van der Waals surface area contributed by atoms with Crippen molar-refractivity contribution in [1.82, 2.24) is 0 Å². The van der Waals surface area contributed by atoms with E-state index in [0.717, 1.165) is 0 Å². The average molecular weight is 203 g/mol. The summed E-state index contributed by atoms with van der Waals surface area (Å²) >= 11 is 0. The summed E-state index contributed by atoms with van der Waals surface area (Å²) in [5.74, 6) is 0. The lowest BCUT2D eigenvalue weighted by Gasteiger charge is -2.00. The van der Waals surface area contributed by atoms with Crippen LogP contribution in [0.1, 0.15) is 71.1 Å². The number of unbranched alkanes of at least 4 members (excludes halogenated alkanes) is 9. The highest BCUT2D eigenvalue weighted by molar-refractivity contribution is 7.16. The molecule has 0 aliphatic heterocycles.